The molecule has 1 fully saturated rings. The van der Waals surface area contributed by atoms with Gasteiger partial charge in [0.05, 0.1) is 11.5 Å². The Hall–Kier alpha value is -0.430. The van der Waals surface area contributed by atoms with Gasteiger partial charge in [-0.15, -0.1) is 0 Å². The lowest BCUT2D eigenvalue weighted by atomic mass is 10.2. The molecule has 0 spiro atoms. The highest BCUT2D eigenvalue weighted by Crippen LogP contribution is 2.34. The maximum Gasteiger partial charge on any atom is 0.244 e. The Bertz CT molecular complexity index is 540. The van der Waals surface area contributed by atoms with Crippen molar-refractivity contribution in [1.82, 2.24) is 4.31 Å². The molecule has 4 nitrogen and oxygen atoms in total. The fraction of sp³-hybridized carbons (Fsp3) is 0.500. The van der Waals surface area contributed by atoms with Crippen LogP contribution in [-0.4, -0.2) is 30.4 Å². The van der Waals surface area contributed by atoms with E-state index in [0.717, 1.165) is 12.8 Å². The molecule has 0 radical (unpaired) electrons. The summed E-state index contributed by atoms with van der Waals surface area (Å²) in [5.41, 5.74) is 0.601. The zero-order chi connectivity index (χ0) is 13.3. The van der Waals surface area contributed by atoms with Gasteiger partial charge in [-0.3, -0.25) is 0 Å². The first-order chi connectivity index (χ1) is 8.50. The normalized spacial score (nSPS) is 16.2. The SMILES string of the molecule is CCN(C1CC1)S(=O)(=O)c1cc(CO)ccc1Br. The summed E-state index contributed by atoms with van der Waals surface area (Å²) in [5.74, 6) is 0. The van der Waals surface area contributed by atoms with Crippen LogP contribution < -0.4 is 0 Å². The minimum atomic E-state index is -3.48. The van der Waals surface area contributed by atoms with Crippen molar-refractivity contribution in [3.8, 4) is 0 Å². The first-order valence-corrected chi connectivity index (χ1v) is 8.15. The number of aliphatic hydroxyl groups excluding tert-OH is 1. The Balaban J connectivity index is 2.45. The van der Waals surface area contributed by atoms with Crippen LogP contribution in [0, 0.1) is 0 Å². The number of halogens is 1. The quantitative estimate of drug-likeness (QED) is 0.897. The van der Waals surface area contributed by atoms with Gasteiger partial charge in [0, 0.05) is 17.1 Å². The number of sulfonamides is 1. The van der Waals surface area contributed by atoms with Crippen LogP contribution in [0.5, 0.6) is 0 Å². The summed E-state index contributed by atoms with van der Waals surface area (Å²) in [6.45, 7) is 2.16. The molecule has 0 unspecified atom stereocenters. The summed E-state index contributed by atoms with van der Waals surface area (Å²) in [5, 5.41) is 9.11. The predicted octanol–water partition coefficient (Wildman–Crippen LogP) is 2.11. The minimum absolute atomic E-state index is 0.143. The highest BCUT2D eigenvalue weighted by molar-refractivity contribution is 9.10. The number of hydrogen-bond donors (Lipinski definition) is 1. The molecular weight excluding hydrogens is 318 g/mol. The average Bonchev–Trinajstić information content (AvgIpc) is 3.14. The van der Waals surface area contributed by atoms with E-state index in [2.05, 4.69) is 15.9 Å². The molecule has 1 N–H and O–H groups in total. The third-order valence-corrected chi connectivity index (χ3v) is 6.05. The summed E-state index contributed by atoms with van der Waals surface area (Å²) in [7, 11) is -3.48. The number of aliphatic hydroxyl groups is 1. The van der Waals surface area contributed by atoms with Crippen molar-refractivity contribution in [1.29, 1.82) is 0 Å². The fourth-order valence-corrected chi connectivity index (χ4v) is 4.63. The second-order valence-electron chi connectivity index (χ2n) is 4.36. The van der Waals surface area contributed by atoms with E-state index in [1.165, 1.54) is 10.4 Å². The molecule has 6 heteroatoms. The Labute approximate surface area is 116 Å². The molecule has 0 saturated heterocycles. The monoisotopic (exact) mass is 333 g/mol. The molecule has 100 valence electrons. The average molecular weight is 334 g/mol. The van der Waals surface area contributed by atoms with Gasteiger partial charge in [0.15, 0.2) is 0 Å². The molecule has 0 heterocycles. The van der Waals surface area contributed by atoms with Crippen LogP contribution >= 0.6 is 15.9 Å². The summed E-state index contributed by atoms with van der Waals surface area (Å²) in [6.07, 6.45) is 1.87. The number of rotatable bonds is 5. The molecule has 0 bridgehead atoms. The molecule has 1 aliphatic rings. The third kappa shape index (κ3) is 2.61. The molecule has 1 aliphatic carbocycles. The van der Waals surface area contributed by atoms with Crippen molar-refractivity contribution in [3.63, 3.8) is 0 Å². The van der Waals surface area contributed by atoms with E-state index in [1.54, 1.807) is 12.1 Å². The van der Waals surface area contributed by atoms with Crippen LogP contribution in [0.4, 0.5) is 0 Å². The number of hydrogen-bond acceptors (Lipinski definition) is 3. The lowest BCUT2D eigenvalue weighted by Crippen LogP contribution is -2.33. The summed E-state index contributed by atoms with van der Waals surface area (Å²) in [4.78, 5) is 0.239. The molecule has 0 aromatic heterocycles. The van der Waals surface area contributed by atoms with Gasteiger partial charge in [-0.05, 0) is 46.5 Å². The van der Waals surface area contributed by atoms with Gasteiger partial charge in [0.2, 0.25) is 10.0 Å². The summed E-state index contributed by atoms with van der Waals surface area (Å²) >= 11 is 3.28. The zero-order valence-corrected chi connectivity index (χ0v) is 12.5. The molecule has 1 aromatic rings. The zero-order valence-electron chi connectivity index (χ0n) is 10.1. The maximum atomic E-state index is 12.5. The molecule has 1 aromatic carbocycles. The standard InChI is InChI=1S/C12H16BrNO3S/c1-2-14(10-4-5-10)18(16,17)12-7-9(8-15)3-6-11(12)13/h3,6-7,10,15H,2,4-5,8H2,1H3. The van der Waals surface area contributed by atoms with Crippen LogP contribution in [0.25, 0.3) is 0 Å². The Morgan fingerprint density at radius 1 is 1.44 bits per heavy atom. The van der Waals surface area contributed by atoms with Crippen molar-refractivity contribution >= 4 is 26.0 Å². The van der Waals surface area contributed by atoms with Gasteiger partial charge in [-0.25, -0.2) is 8.42 Å². The maximum absolute atomic E-state index is 12.5. The van der Waals surface area contributed by atoms with Gasteiger partial charge in [0.25, 0.3) is 0 Å². The van der Waals surface area contributed by atoms with Crippen molar-refractivity contribution in [2.45, 2.75) is 37.3 Å². The van der Waals surface area contributed by atoms with Crippen molar-refractivity contribution < 1.29 is 13.5 Å². The number of nitrogens with zero attached hydrogens (tertiary/aromatic N) is 1. The Morgan fingerprint density at radius 3 is 2.61 bits per heavy atom. The smallest absolute Gasteiger partial charge is 0.244 e. The van der Waals surface area contributed by atoms with Gasteiger partial charge >= 0.3 is 0 Å². The Morgan fingerprint density at radius 2 is 2.11 bits per heavy atom. The number of benzene rings is 1. The largest absolute Gasteiger partial charge is 0.392 e. The lowest BCUT2D eigenvalue weighted by Gasteiger charge is -2.21. The predicted molar refractivity (Wildman–Crippen MR) is 72.7 cm³/mol. The van der Waals surface area contributed by atoms with Gasteiger partial charge < -0.3 is 5.11 Å². The van der Waals surface area contributed by atoms with E-state index in [4.69, 9.17) is 5.11 Å². The second kappa shape index (κ2) is 5.28. The highest BCUT2D eigenvalue weighted by atomic mass is 79.9. The van der Waals surface area contributed by atoms with Crippen LogP contribution in [0.2, 0.25) is 0 Å². The molecular formula is C12H16BrNO3S. The first-order valence-electron chi connectivity index (χ1n) is 5.91. The topological polar surface area (TPSA) is 57.6 Å². The van der Waals surface area contributed by atoms with Crippen LogP contribution in [0.3, 0.4) is 0 Å². The summed E-state index contributed by atoms with van der Waals surface area (Å²) in [6, 6.07) is 5.05. The van der Waals surface area contributed by atoms with Crippen molar-refractivity contribution in [2.75, 3.05) is 6.54 Å². The van der Waals surface area contributed by atoms with Crippen molar-refractivity contribution in [3.05, 3.63) is 28.2 Å². The summed E-state index contributed by atoms with van der Waals surface area (Å²) < 4.78 is 27.2. The Kier molecular flexibility index (Phi) is 4.11. The van der Waals surface area contributed by atoms with Gasteiger partial charge in [-0.1, -0.05) is 13.0 Å². The highest BCUT2D eigenvalue weighted by Gasteiger charge is 2.37. The minimum Gasteiger partial charge on any atom is -0.392 e. The third-order valence-electron chi connectivity index (χ3n) is 3.03. The van der Waals surface area contributed by atoms with E-state index < -0.39 is 10.0 Å². The molecule has 0 amide bonds. The van der Waals surface area contributed by atoms with Crippen LogP contribution in [0.15, 0.2) is 27.6 Å². The van der Waals surface area contributed by atoms with Crippen LogP contribution in [-0.2, 0) is 16.6 Å². The molecule has 0 atom stereocenters. The van der Waals surface area contributed by atoms with Gasteiger partial charge in [0.1, 0.15) is 0 Å². The van der Waals surface area contributed by atoms with E-state index >= 15 is 0 Å². The van der Waals surface area contributed by atoms with Crippen molar-refractivity contribution in [2.24, 2.45) is 0 Å². The van der Waals surface area contributed by atoms with E-state index in [9.17, 15) is 8.42 Å². The molecule has 0 aliphatic heterocycles. The van der Waals surface area contributed by atoms with E-state index in [0.29, 0.717) is 16.6 Å². The molecule has 2 rings (SSSR count). The molecule has 18 heavy (non-hydrogen) atoms. The van der Waals surface area contributed by atoms with E-state index in [-0.39, 0.29) is 17.5 Å². The molecule has 1 saturated carbocycles. The van der Waals surface area contributed by atoms with Crippen LogP contribution in [0.1, 0.15) is 25.3 Å². The first kappa shape index (κ1) is 14.0. The lowest BCUT2D eigenvalue weighted by molar-refractivity contribution is 0.281. The van der Waals surface area contributed by atoms with E-state index in [1.807, 2.05) is 6.92 Å². The second-order valence-corrected chi connectivity index (χ2v) is 7.08. The van der Waals surface area contributed by atoms with Gasteiger partial charge in [-0.2, -0.15) is 4.31 Å². The fourth-order valence-electron chi connectivity index (χ4n) is 1.96.